The molecule has 17 heavy (non-hydrogen) atoms. The Labute approximate surface area is 98.5 Å². The van der Waals surface area contributed by atoms with Crippen LogP contribution in [0.15, 0.2) is 22.7 Å². The van der Waals surface area contributed by atoms with E-state index in [1.165, 1.54) is 30.8 Å². The van der Waals surface area contributed by atoms with E-state index >= 15 is 0 Å². The second-order valence-corrected chi connectivity index (χ2v) is 6.13. The lowest BCUT2D eigenvalue weighted by Gasteiger charge is -2.09. The zero-order valence-corrected chi connectivity index (χ0v) is 10.2. The topological polar surface area (TPSA) is 66.1 Å². The van der Waals surface area contributed by atoms with Gasteiger partial charge in [-0.05, 0) is 11.6 Å². The van der Waals surface area contributed by atoms with Crippen molar-refractivity contribution in [2.24, 2.45) is 4.36 Å². The van der Waals surface area contributed by atoms with Gasteiger partial charge < -0.3 is 0 Å². The molecule has 0 spiro atoms. The molecule has 0 saturated heterocycles. The molecule has 1 unspecified atom stereocenters. The summed E-state index contributed by atoms with van der Waals surface area (Å²) >= 11 is 0. The minimum absolute atomic E-state index is 0.0170. The molecule has 0 fully saturated rings. The van der Waals surface area contributed by atoms with E-state index < -0.39 is 15.7 Å². The van der Waals surface area contributed by atoms with Crippen molar-refractivity contribution >= 4 is 9.73 Å². The number of hydrogen-bond donors (Lipinski definition) is 0. The van der Waals surface area contributed by atoms with E-state index in [1.807, 2.05) is 0 Å². The molecular weight excluding hydrogens is 248 g/mol. The summed E-state index contributed by atoms with van der Waals surface area (Å²) < 4.78 is 40.7. The first-order valence-corrected chi connectivity index (χ1v) is 6.75. The molecule has 4 nitrogen and oxygen atoms in total. The molecule has 0 radical (unpaired) electrons. The van der Waals surface area contributed by atoms with Crippen molar-refractivity contribution in [1.29, 1.82) is 5.26 Å². The normalized spacial score (nSPS) is 14.8. The third-order valence-electron chi connectivity index (χ3n) is 1.94. The molecule has 92 valence electrons. The van der Waals surface area contributed by atoms with Crippen LogP contribution in [0.5, 0.6) is 0 Å². The van der Waals surface area contributed by atoms with Crippen LogP contribution in [0.4, 0.5) is 8.78 Å². The SMILES string of the molecule is CC(F)(F)c1ccc(CS(C)(=O)=NC#N)cn1. The molecule has 1 aromatic heterocycles. The summed E-state index contributed by atoms with van der Waals surface area (Å²) in [7, 11) is -2.65. The molecule has 0 aliphatic rings. The summed E-state index contributed by atoms with van der Waals surface area (Å²) in [5.41, 5.74) is 0.158. The highest BCUT2D eigenvalue weighted by atomic mass is 32.2. The molecule has 0 aliphatic heterocycles. The van der Waals surface area contributed by atoms with Crippen LogP contribution in [0.2, 0.25) is 0 Å². The van der Waals surface area contributed by atoms with Gasteiger partial charge in [-0.15, -0.1) is 4.36 Å². The highest BCUT2D eigenvalue weighted by Crippen LogP contribution is 2.24. The molecule has 0 aliphatic carbocycles. The number of halogens is 2. The van der Waals surface area contributed by atoms with Crippen LogP contribution in [0.3, 0.4) is 0 Å². The Morgan fingerprint density at radius 1 is 1.59 bits per heavy atom. The Hall–Kier alpha value is -1.55. The molecule has 0 amide bonds. The number of hydrogen-bond acceptors (Lipinski definition) is 4. The fourth-order valence-electron chi connectivity index (χ4n) is 1.20. The average molecular weight is 259 g/mol. The van der Waals surface area contributed by atoms with Gasteiger partial charge in [0, 0.05) is 19.4 Å². The Morgan fingerprint density at radius 2 is 2.24 bits per heavy atom. The molecule has 1 atom stereocenters. The van der Waals surface area contributed by atoms with Gasteiger partial charge in [-0.25, -0.2) is 4.21 Å². The maximum Gasteiger partial charge on any atom is 0.286 e. The Kier molecular flexibility index (Phi) is 3.78. The lowest BCUT2D eigenvalue weighted by molar-refractivity contribution is 0.0127. The first-order chi connectivity index (χ1) is 7.74. The van der Waals surface area contributed by atoms with Crippen LogP contribution >= 0.6 is 0 Å². The third kappa shape index (κ3) is 4.07. The highest BCUT2D eigenvalue weighted by Gasteiger charge is 2.25. The number of nitrogens with zero attached hydrogens (tertiary/aromatic N) is 3. The molecule has 0 bridgehead atoms. The van der Waals surface area contributed by atoms with E-state index in [0.29, 0.717) is 5.56 Å². The average Bonchev–Trinajstić information content (AvgIpc) is 2.16. The van der Waals surface area contributed by atoms with Crippen molar-refractivity contribution in [3.05, 3.63) is 29.6 Å². The number of aromatic nitrogens is 1. The van der Waals surface area contributed by atoms with Crippen LogP contribution in [-0.2, 0) is 21.4 Å². The van der Waals surface area contributed by atoms with Gasteiger partial charge in [-0.1, -0.05) is 6.07 Å². The van der Waals surface area contributed by atoms with E-state index in [2.05, 4.69) is 9.35 Å². The minimum atomic E-state index is -3.00. The Morgan fingerprint density at radius 3 is 2.65 bits per heavy atom. The van der Waals surface area contributed by atoms with Gasteiger partial charge >= 0.3 is 0 Å². The van der Waals surface area contributed by atoms with Crippen LogP contribution in [0, 0.1) is 11.5 Å². The molecule has 1 rings (SSSR count). The summed E-state index contributed by atoms with van der Waals surface area (Å²) in [5, 5.41) is 8.32. The predicted octanol–water partition coefficient (Wildman–Crippen LogP) is 2.27. The van der Waals surface area contributed by atoms with E-state index in [4.69, 9.17) is 5.26 Å². The van der Waals surface area contributed by atoms with E-state index in [1.54, 1.807) is 0 Å². The fourth-order valence-corrected chi connectivity index (χ4v) is 2.22. The van der Waals surface area contributed by atoms with E-state index in [0.717, 1.165) is 6.92 Å². The van der Waals surface area contributed by atoms with Gasteiger partial charge in [0.15, 0.2) is 0 Å². The lowest BCUT2D eigenvalue weighted by atomic mass is 10.2. The first kappa shape index (κ1) is 13.5. The summed E-state index contributed by atoms with van der Waals surface area (Å²) in [5.74, 6) is -2.98. The van der Waals surface area contributed by atoms with Gasteiger partial charge in [-0.3, -0.25) is 4.98 Å². The van der Waals surface area contributed by atoms with Gasteiger partial charge in [0.1, 0.15) is 5.69 Å². The summed E-state index contributed by atoms with van der Waals surface area (Å²) in [6.45, 7) is 0.753. The smallest absolute Gasteiger partial charge is 0.255 e. The maximum absolute atomic E-state index is 12.9. The number of nitriles is 1. The fraction of sp³-hybridized carbons (Fsp3) is 0.400. The van der Waals surface area contributed by atoms with Crippen molar-refractivity contribution in [3.63, 3.8) is 0 Å². The monoisotopic (exact) mass is 259 g/mol. The molecule has 1 aromatic rings. The van der Waals surface area contributed by atoms with Crippen molar-refractivity contribution in [2.75, 3.05) is 6.26 Å². The Bertz CT molecular complexity index is 548. The maximum atomic E-state index is 12.9. The third-order valence-corrected chi connectivity index (χ3v) is 3.28. The van der Waals surface area contributed by atoms with E-state index in [-0.39, 0.29) is 11.4 Å². The van der Waals surface area contributed by atoms with Gasteiger partial charge in [0.05, 0.1) is 15.5 Å². The number of alkyl halides is 2. The van der Waals surface area contributed by atoms with Crippen molar-refractivity contribution in [1.82, 2.24) is 4.98 Å². The number of pyridine rings is 1. The van der Waals surface area contributed by atoms with Gasteiger partial charge in [0.2, 0.25) is 6.19 Å². The zero-order valence-electron chi connectivity index (χ0n) is 9.35. The van der Waals surface area contributed by atoms with Crippen LogP contribution in [0.1, 0.15) is 18.2 Å². The molecular formula is C10H11F2N3OS. The minimum Gasteiger partial charge on any atom is -0.255 e. The molecule has 0 N–H and O–H groups in total. The molecule has 7 heteroatoms. The highest BCUT2D eigenvalue weighted by molar-refractivity contribution is 7.92. The molecule has 0 saturated carbocycles. The lowest BCUT2D eigenvalue weighted by Crippen LogP contribution is -2.10. The zero-order chi connectivity index (χ0) is 13.1. The second kappa shape index (κ2) is 4.75. The predicted molar refractivity (Wildman–Crippen MR) is 59.6 cm³/mol. The summed E-state index contributed by atoms with van der Waals surface area (Å²) in [6, 6.07) is 2.59. The van der Waals surface area contributed by atoms with Gasteiger partial charge in [0.25, 0.3) is 5.92 Å². The first-order valence-electron chi connectivity index (χ1n) is 4.66. The quantitative estimate of drug-likeness (QED) is 0.782. The van der Waals surface area contributed by atoms with Crippen LogP contribution in [-0.4, -0.2) is 15.4 Å². The summed E-state index contributed by atoms with van der Waals surface area (Å²) in [6.07, 6.45) is 4.03. The number of rotatable bonds is 3. The van der Waals surface area contributed by atoms with Crippen molar-refractivity contribution in [3.8, 4) is 6.19 Å². The summed E-state index contributed by atoms with van der Waals surface area (Å²) in [4.78, 5) is 3.59. The van der Waals surface area contributed by atoms with Crippen molar-refractivity contribution < 1.29 is 13.0 Å². The van der Waals surface area contributed by atoms with Crippen LogP contribution < -0.4 is 0 Å². The van der Waals surface area contributed by atoms with Gasteiger partial charge in [-0.2, -0.15) is 14.0 Å². The largest absolute Gasteiger partial charge is 0.286 e. The molecule has 1 heterocycles. The van der Waals surface area contributed by atoms with E-state index in [9.17, 15) is 13.0 Å². The second-order valence-electron chi connectivity index (χ2n) is 3.74. The Balaban J connectivity index is 2.95. The standard InChI is InChI=1S/C10H11F2N3OS/c1-10(11,12)9-4-3-8(5-14-9)6-17(2,16)15-7-13/h3-5H,6H2,1-2H3. The van der Waals surface area contributed by atoms with Crippen LogP contribution in [0.25, 0.3) is 0 Å². The molecule has 0 aromatic carbocycles. The van der Waals surface area contributed by atoms with Crippen molar-refractivity contribution in [2.45, 2.75) is 18.6 Å².